The van der Waals surface area contributed by atoms with Gasteiger partial charge < -0.3 is 9.67 Å². The molecule has 3 rings (SSSR count). The van der Waals surface area contributed by atoms with Gasteiger partial charge in [-0.05, 0) is 37.1 Å². The average Bonchev–Trinajstić information content (AvgIpc) is 2.63. The molecule has 0 aliphatic carbocycles. The van der Waals surface area contributed by atoms with Gasteiger partial charge >= 0.3 is 0 Å². The molecule has 0 saturated heterocycles. The van der Waals surface area contributed by atoms with Crippen molar-refractivity contribution in [2.45, 2.75) is 33.2 Å². The van der Waals surface area contributed by atoms with E-state index in [1.165, 1.54) is 6.21 Å². The number of nitrogens with zero attached hydrogens (tertiary/aromatic N) is 3. The van der Waals surface area contributed by atoms with Crippen molar-refractivity contribution in [2.75, 3.05) is 0 Å². The van der Waals surface area contributed by atoms with Gasteiger partial charge in [-0.3, -0.25) is 4.79 Å². The summed E-state index contributed by atoms with van der Waals surface area (Å²) >= 11 is 0. The first kappa shape index (κ1) is 16.9. The van der Waals surface area contributed by atoms with Crippen LogP contribution < -0.4 is 5.56 Å². The predicted octanol–water partition coefficient (Wildman–Crippen LogP) is 3.96. The minimum Gasteiger partial charge on any atom is -0.506 e. The van der Waals surface area contributed by atoms with Gasteiger partial charge in [0.25, 0.3) is 5.56 Å². The highest BCUT2D eigenvalue weighted by molar-refractivity contribution is 5.96. The highest BCUT2D eigenvalue weighted by atomic mass is 16.3. The van der Waals surface area contributed by atoms with E-state index in [1.54, 1.807) is 22.9 Å². The van der Waals surface area contributed by atoms with Crippen LogP contribution in [0, 0.1) is 6.92 Å². The monoisotopic (exact) mass is 335 g/mol. The SMILES string of the molecule is CCCCn1c(=O)c(C=Nc2ccccn2)c(O)c2cccc(C)c21. The maximum absolute atomic E-state index is 13.0. The van der Waals surface area contributed by atoms with Crippen molar-refractivity contribution < 1.29 is 5.11 Å². The van der Waals surface area contributed by atoms with Crippen LogP contribution in [0.3, 0.4) is 0 Å². The van der Waals surface area contributed by atoms with E-state index in [4.69, 9.17) is 0 Å². The van der Waals surface area contributed by atoms with Crippen LogP contribution in [-0.2, 0) is 6.54 Å². The lowest BCUT2D eigenvalue weighted by Gasteiger charge is -2.15. The molecule has 5 heteroatoms. The molecule has 25 heavy (non-hydrogen) atoms. The molecule has 0 aliphatic heterocycles. The Labute approximate surface area is 146 Å². The Balaban J connectivity index is 2.22. The van der Waals surface area contributed by atoms with Crippen LogP contribution in [0.2, 0.25) is 0 Å². The van der Waals surface area contributed by atoms with Gasteiger partial charge in [0.1, 0.15) is 11.3 Å². The fourth-order valence-electron chi connectivity index (χ4n) is 2.91. The van der Waals surface area contributed by atoms with Gasteiger partial charge in [0.05, 0.1) is 5.52 Å². The number of para-hydroxylation sites is 1. The lowest BCUT2D eigenvalue weighted by atomic mass is 10.1. The largest absolute Gasteiger partial charge is 0.506 e. The topological polar surface area (TPSA) is 67.5 Å². The molecule has 0 atom stereocenters. The second-order valence-electron chi connectivity index (χ2n) is 5.99. The number of benzene rings is 1. The Morgan fingerprint density at radius 1 is 1.24 bits per heavy atom. The third-order valence-corrected chi connectivity index (χ3v) is 4.20. The zero-order valence-corrected chi connectivity index (χ0v) is 14.4. The van der Waals surface area contributed by atoms with Crippen molar-refractivity contribution in [3.8, 4) is 5.75 Å². The summed E-state index contributed by atoms with van der Waals surface area (Å²) < 4.78 is 1.74. The summed E-state index contributed by atoms with van der Waals surface area (Å²) in [6.45, 7) is 4.65. The first-order chi connectivity index (χ1) is 12.1. The van der Waals surface area contributed by atoms with Gasteiger partial charge in [0, 0.05) is 24.3 Å². The van der Waals surface area contributed by atoms with Gasteiger partial charge in [-0.2, -0.15) is 0 Å². The fraction of sp³-hybridized carbons (Fsp3) is 0.250. The van der Waals surface area contributed by atoms with E-state index in [0.29, 0.717) is 17.7 Å². The number of rotatable bonds is 5. The van der Waals surface area contributed by atoms with E-state index in [-0.39, 0.29) is 16.9 Å². The van der Waals surface area contributed by atoms with E-state index >= 15 is 0 Å². The van der Waals surface area contributed by atoms with Crippen LogP contribution in [-0.4, -0.2) is 20.9 Å². The number of aryl methyl sites for hydroxylation is 2. The molecule has 0 bridgehead atoms. The Morgan fingerprint density at radius 3 is 2.80 bits per heavy atom. The lowest BCUT2D eigenvalue weighted by Crippen LogP contribution is -2.25. The smallest absolute Gasteiger partial charge is 0.263 e. The Morgan fingerprint density at radius 2 is 2.08 bits per heavy atom. The van der Waals surface area contributed by atoms with Crippen molar-refractivity contribution in [3.05, 3.63) is 64.1 Å². The molecule has 128 valence electrons. The Hall–Kier alpha value is -2.95. The van der Waals surface area contributed by atoms with Crippen molar-refractivity contribution in [2.24, 2.45) is 4.99 Å². The van der Waals surface area contributed by atoms with Crippen LogP contribution in [0.25, 0.3) is 10.9 Å². The standard InChI is InChI=1S/C20H21N3O2/c1-3-4-12-23-18-14(2)8-7-9-15(18)19(24)16(20(23)25)13-22-17-10-5-6-11-21-17/h5-11,13,24H,3-4,12H2,1-2H3. The molecule has 5 nitrogen and oxygen atoms in total. The van der Waals surface area contributed by atoms with E-state index in [2.05, 4.69) is 16.9 Å². The van der Waals surface area contributed by atoms with Gasteiger partial charge in [0.15, 0.2) is 5.82 Å². The van der Waals surface area contributed by atoms with E-state index in [9.17, 15) is 9.90 Å². The summed E-state index contributed by atoms with van der Waals surface area (Å²) in [4.78, 5) is 21.3. The normalized spacial score (nSPS) is 11.4. The lowest BCUT2D eigenvalue weighted by molar-refractivity contribution is 0.477. The van der Waals surface area contributed by atoms with Crippen LogP contribution in [0.5, 0.6) is 5.75 Å². The number of hydrogen-bond acceptors (Lipinski definition) is 4. The zero-order chi connectivity index (χ0) is 17.8. The van der Waals surface area contributed by atoms with Gasteiger partial charge in [-0.1, -0.05) is 31.5 Å². The highest BCUT2D eigenvalue weighted by Gasteiger charge is 2.16. The van der Waals surface area contributed by atoms with Crippen molar-refractivity contribution in [1.29, 1.82) is 0 Å². The molecule has 1 N–H and O–H groups in total. The minimum absolute atomic E-state index is 0.0314. The number of unbranched alkanes of at least 4 members (excludes halogenated alkanes) is 1. The number of aromatic hydroxyl groups is 1. The molecule has 1 aromatic carbocycles. The molecular weight excluding hydrogens is 314 g/mol. The molecule has 0 fully saturated rings. The minimum atomic E-state index is -0.229. The maximum Gasteiger partial charge on any atom is 0.263 e. The second kappa shape index (κ2) is 7.30. The predicted molar refractivity (Wildman–Crippen MR) is 101 cm³/mol. The molecule has 0 saturated carbocycles. The third kappa shape index (κ3) is 3.31. The van der Waals surface area contributed by atoms with E-state index in [1.807, 2.05) is 31.2 Å². The number of pyridine rings is 2. The molecule has 3 aromatic rings. The summed E-state index contributed by atoms with van der Waals surface area (Å²) in [5.41, 5.74) is 1.72. The molecule has 0 radical (unpaired) electrons. The van der Waals surface area contributed by atoms with Gasteiger partial charge in [0.2, 0.25) is 0 Å². The third-order valence-electron chi connectivity index (χ3n) is 4.20. The van der Waals surface area contributed by atoms with Crippen molar-refractivity contribution >= 4 is 22.9 Å². The Kier molecular flexibility index (Phi) is 4.93. The van der Waals surface area contributed by atoms with Crippen LogP contribution in [0.1, 0.15) is 30.9 Å². The van der Waals surface area contributed by atoms with Crippen molar-refractivity contribution in [1.82, 2.24) is 9.55 Å². The second-order valence-corrected chi connectivity index (χ2v) is 5.99. The molecular formula is C20H21N3O2. The van der Waals surface area contributed by atoms with E-state index in [0.717, 1.165) is 23.9 Å². The number of aromatic nitrogens is 2. The molecule has 2 aromatic heterocycles. The number of fused-ring (bicyclic) bond motifs is 1. The van der Waals surface area contributed by atoms with Crippen LogP contribution in [0.15, 0.2) is 52.4 Å². The quantitative estimate of drug-likeness (QED) is 0.718. The van der Waals surface area contributed by atoms with Crippen molar-refractivity contribution in [3.63, 3.8) is 0 Å². The van der Waals surface area contributed by atoms with Gasteiger partial charge in [-0.15, -0.1) is 0 Å². The number of hydrogen-bond donors (Lipinski definition) is 1. The Bertz CT molecular complexity index is 976. The fourth-order valence-corrected chi connectivity index (χ4v) is 2.91. The summed E-state index contributed by atoms with van der Waals surface area (Å²) in [6, 6.07) is 11.0. The average molecular weight is 335 g/mol. The summed E-state index contributed by atoms with van der Waals surface area (Å²) in [6.07, 6.45) is 4.92. The van der Waals surface area contributed by atoms with Gasteiger partial charge in [-0.25, -0.2) is 9.98 Å². The molecule has 2 heterocycles. The van der Waals surface area contributed by atoms with E-state index < -0.39 is 0 Å². The summed E-state index contributed by atoms with van der Waals surface area (Å²) in [5.74, 6) is 0.460. The summed E-state index contributed by atoms with van der Waals surface area (Å²) in [5, 5.41) is 11.3. The first-order valence-corrected chi connectivity index (χ1v) is 8.43. The van der Waals surface area contributed by atoms with Crippen LogP contribution >= 0.6 is 0 Å². The zero-order valence-electron chi connectivity index (χ0n) is 14.4. The molecule has 0 spiro atoms. The molecule has 0 unspecified atom stereocenters. The summed E-state index contributed by atoms with van der Waals surface area (Å²) in [7, 11) is 0. The number of aliphatic imine (C=N–C) groups is 1. The maximum atomic E-state index is 13.0. The molecule has 0 amide bonds. The molecule has 0 aliphatic rings. The first-order valence-electron chi connectivity index (χ1n) is 8.43. The highest BCUT2D eigenvalue weighted by Crippen LogP contribution is 2.28. The van der Waals surface area contributed by atoms with Crippen LogP contribution in [0.4, 0.5) is 5.82 Å².